The fraction of sp³-hybridized carbons (Fsp3) is 0.240. The molecule has 5 nitrogen and oxygen atoms in total. The largest absolute Gasteiger partial charge is 0.346 e. The SMILES string of the molecule is CC1=N/C=C\CC\C=C(c2c[nH]c3ncc(C(=O)NC4=CCC(C)C(F)=C4)cc23)/C=C\1. The van der Waals surface area contributed by atoms with Gasteiger partial charge in [-0.05, 0) is 50.0 Å². The van der Waals surface area contributed by atoms with Crippen LogP contribution < -0.4 is 5.32 Å². The summed E-state index contributed by atoms with van der Waals surface area (Å²) in [5.74, 6) is -0.679. The Morgan fingerprint density at radius 3 is 2.97 bits per heavy atom. The summed E-state index contributed by atoms with van der Waals surface area (Å²) >= 11 is 0. The monoisotopic (exact) mass is 416 g/mol. The first-order valence-electron chi connectivity index (χ1n) is 10.4. The number of halogens is 1. The van der Waals surface area contributed by atoms with E-state index < -0.39 is 0 Å². The Labute approximate surface area is 180 Å². The molecule has 1 aliphatic heterocycles. The number of H-pyrrole nitrogens is 1. The van der Waals surface area contributed by atoms with Gasteiger partial charge in [-0.2, -0.15) is 0 Å². The lowest BCUT2D eigenvalue weighted by Crippen LogP contribution is -2.23. The summed E-state index contributed by atoms with van der Waals surface area (Å²) in [6.45, 7) is 3.77. The number of nitrogens with zero attached hydrogens (tertiary/aromatic N) is 2. The lowest BCUT2D eigenvalue weighted by Gasteiger charge is -2.15. The molecule has 31 heavy (non-hydrogen) atoms. The molecule has 0 fully saturated rings. The normalized spacial score (nSPS) is 24.8. The molecular weight excluding hydrogens is 391 g/mol. The van der Waals surface area contributed by atoms with E-state index in [1.165, 1.54) is 12.3 Å². The molecule has 0 radical (unpaired) electrons. The Balaban J connectivity index is 1.63. The number of hydrogen-bond acceptors (Lipinski definition) is 3. The van der Waals surface area contributed by atoms with Crippen LogP contribution in [0.25, 0.3) is 16.6 Å². The van der Waals surface area contributed by atoms with Gasteiger partial charge in [0.15, 0.2) is 0 Å². The van der Waals surface area contributed by atoms with E-state index in [2.05, 4.69) is 26.4 Å². The first kappa shape index (κ1) is 20.7. The Hall–Kier alpha value is -3.54. The molecule has 0 aromatic carbocycles. The van der Waals surface area contributed by atoms with Crippen LogP contribution in [0.3, 0.4) is 0 Å². The molecule has 4 rings (SSSR count). The van der Waals surface area contributed by atoms with Gasteiger partial charge >= 0.3 is 0 Å². The van der Waals surface area contributed by atoms with Crippen LogP contribution in [0.4, 0.5) is 4.39 Å². The van der Waals surface area contributed by atoms with E-state index in [0.29, 0.717) is 23.3 Å². The molecule has 1 aliphatic carbocycles. The number of amides is 1. The van der Waals surface area contributed by atoms with Crippen LogP contribution >= 0.6 is 0 Å². The standard InChI is InChI=1S/C25H25FN4O/c1-16-7-10-20(13-23(16)26)30-25(31)19-12-21-22(15-29-24(21)28-14-19)18-6-4-3-5-11-27-17(2)8-9-18/h5-6,8-16H,3-4,7H2,1-2H3,(H,28,29)(H,30,31)/b9-8-,11-5-,18-6+,27-17-. The Kier molecular flexibility index (Phi) is 6.07. The number of aromatic nitrogens is 2. The van der Waals surface area contributed by atoms with Gasteiger partial charge < -0.3 is 10.3 Å². The Morgan fingerprint density at radius 2 is 2.13 bits per heavy atom. The summed E-state index contributed by atoms with van der Waals surface area (Å²) in [6.07, 6.45) is 19.1. The zero-order valence-electron chi connectivity index (χ0n) is 17.7. The van der Waals surface area contributed by atoms with Gasteiger partial charge in [0, 0.05) is 46.9 Å². The summed E-state index contributed by atoms with van der Waals surface area (Å²) in [5.41, 5.74) is 4.55. The lowest BCUT2D eigenvalue weighted by molar-refractivity contribution is 0.0966. The molecule has 0 saturated carbocycles. The van der Waals surface area contributed by atoms with E-state index >= 15 is 0 Å². The zero-order valence-corrected chi connectivity index (χ0v) is 17.7. The highest BCUT2D eigenvalue weighted by molar-refractivity contribution is 6.02. The fourth-order valence-corrected chi connectivity index (χ4v) is 3.52. The number of hydrogen-bond donors (Lipinski definition) is 2. The van der Waals surface area contributed by atoms with Crippen molar-refractivity contribution in [2.24, 2.45) is 10.9 Å². The van der Waals surface area contributed by atoms with Gasteiger partial charge in [-0.15, -0.1) is 0 Å². The number of rotatable bonds is 3. The van der Waals surface area contributed by atoms with Crippen molar-refractivity contribution in [1.82, 2.24) is 15.3 Å². The van der Waals surface area contributed by atoms with Crippen molar-refractivity contribution < 1.29 is 9.18 Å². The highest BCUT2D eigenvalue weighted by Crippen LogP contribution is 2.27. The van der Waals surface area contributed by atoms with Crippen molar-refractivity contribution in [1.29, 1.82) is 0 Å². The third kappa shape index (κ3) is 4.79. The van der Waals surface area contributed by atoms with E-state index in [1.807, 2.05) is 56.6 Å². The van der Waals surface area contributed by atoms with Crippen LogP contribution in [0.15, 0.2) is 77.6 Å². The minimum atomic E-state index is -0.310. The second-order valence-electron chi connectivity index (χ2n) is 7.83. The summed E-state index contributed by atoms with van der Waals surface area (Å²) in [7, 11) is 0. The van der Waals surface area contributed by atoms with Crippen molar-refractivity contribution >= 4 is 28.2 Å². The molecule has 0 bridgehead atoms. The third-order valence-corrected chi connectivity index (χ3v) is 5.40. The van der Waals surface area contributed by atoms with Crippen LogP contribution in [-0.4, -0.2) is 21.6 Å². The quantitative estimate of drug-likeness (QED) is 0.666. The van der Waals surface area contributed by atoms with Gasteiger partial charge in [-0.3, -0.25) is 9.79 Å². The van der Waals surface area contributed by atoms with E-state index in [-0.39, 0.29) is 17.7 Å². The number of nitrogens with one attached hydrogen (secondary N) is 2. The van der Waals surface area contributed by atoms with E-state index in [0.717, 1.165) is 35.1 Å². The average Bonchev–Trinajstić information content (AvgIpc) is 3.18. The maximum atomic E-state index is 13.9. The van der Waals surface area contributed by atoms with Crippen molar-refractivity contribution in [2.75, 3.05) is 0 Å². The predicted octanol–water partition coefficient (Wildman–Crippen LogP) is 5.78. The van der Waals surface area contributed by atoms with Crippen molar-refractivity contribution in [2.45, 2.75) is 33.1 Å². The number of allylic oxidation sites excluding steroid dienone is 8. The van der Waals surface area contributed by atoms with Gasteiger partial charge in [0.1, 0.15) is 11.5 Å². The second-order valence-corrected chi connectivity index (χ2v) is 7.83. The molecular formula is C25H25FN4O. The maximum absolute atomic E-state index is 13.9. The number of aromatic amines is 1. The molecule has 158 valence electrons. The zero-order chi connectivity index (χ0) is 21.8. The molecule has 1 amide bonds. The molecule has 0 saturated heterocycles. The van der Waals surface area contributed by atoms with Gasteiger partial charge in [0.25, 0.3) is 5.91 Å². The molecule has 2 N–H and O–H groups in total. The second kappa shape index (κ2) is 9.08. The smallest absolute Gasteiger partial charge is 0.257 e. The van der Waals surface area contributed by atoms with Crippen LogP contribution in [0.5, 0.6) is 0 Å². The minimum Gasteiger partial charge on any atom is -0.346 e. The van der Waals surface area contributed by atoms with Crippen LogP contribution in [0.2, 0.25) is 0 Å². The fourth-order valence-electron chi connectivity index (χ4n) is 3.52. The molecule has 2 aromatic rings. The number of pyridine rings is 1. The van der Waals surface area contributed by atoms with Crippen molar-refractivity contribution in [3.63, 3.8) is 0 Å². The van der Waals surface area contributed by atoms with Crippen LogP contribution in [0.1, 0.15) is 49.0 Å². The molecule has 3 heterocycles. The minimum absolute atomic E-state index is 0.149. The third-order valence-electron chi connectivity index (χ3n) is 5.40. The average molecular weight is 417 g/mol. The molecule has 1 atom stereocenters. The van der Waals surface area contributed by atoms with E-state index in [1.54, 1.807) is 0 Å². The van der Waals surface area contributed by atoms with Crippen molar-refractivity contribution in [3.8, 4) is 0 Å². The number of carbonyl (C=O) groups excluding carboxylic acids is 1. The highest BCUT2D eigenvalue weighted by atomic mass is 19.1. The summed E-state index contributed by atoms with van der Waals surface area (Å²) < 4.78 is 13.9. The molecule has 2 aliphatic rings. The summed E-state index contributed by atoms with van der Waals surface area (Å²) in [5, 5.41) is 3.64. The van der Waals surface area contributed by atoms with E-state index in [4.69, 9.17) is 0 Å². The van der Waals surface area contributed by atoms with E-state index in [9.17, 15) is 9.18 Å². The topological polar surface area (TPSA) is 70.1 Å². The predicted molar refractivity (Wildman–Crippen MR) is 123 cm³/mol. The molecule has 0 spiro atoms. The molecule has 6 heteroatoms. The van der Waals surface area contributed by atoms with Crippen LogP contribution in [0, 0.1) is 5.92 Å². The Morgan fingerprint density at radius 1 is 1.26 bits per heavy atom. The summed E-state index contributed by atoms with van der Waals surface area (Å²) in [4.78, 5) is 24.8. The molecule has 1 unspecified atom stereocenters. The van der Waals surface area contributed by atoms with Crippen LogP contribution in [-0.2, 0) is 0 Å². The number of fused-ring (bicyclic) bond motifs is 1. The first-order valence-corrected chi connectivity index (χ1v) is 10.4. The highest BCUT2D eigenvalue weighted by Gasteiger charge is 2.17. The first-order chi connectivity index (χ1) is 15.0. The number of aliphatic imine (C=N–C) groups is 1. The Bertz CT molecular complexity index is 1190. The maximum Gasteiger partial charge on any atom is 0.257 e. The summed E-state index contributed by atoms with van der Waals surface area (Å²) in [6, 6.07) is 1.82. The lowest BCUT2D eigenvalue weighted by atomic mass is 10.00. The number of carbonyl (C=O) groups is 1. The molecule has 2 aromatic heterocycles. The van der Waals surface area contributed by atoms with Crippen molar-refractivity contribution in [3.05, 3.63) is 83.8 Å². The van der Waals surface area contributed by atoms with Gasteiger partial charge in [0.05, 0.1) is 5.56 Å². The van der Waals surface area contributed by atoms with Gasteiger partial charge in [-0.1, -0.05) is 31.2 Å². The van der Waals surface area contributed by atoms with Gasteiger partial charge in [-0.25, -0.2) is 9.37 Å². The van der Waals surface area contributed by atoms with Gasteiger partial charge in [0.2, 0.25) is 0 Å².